The quantitative estimate of drug-likeness (QED) is 0.692. The Labute approximate surface area is 122 Å². The molecule has 0 aliphatic rings. The van der Waals surface area contributed by atoms with Crippen molar-refractivity contribution >= 4 is 22.8 Å². The van der Waals surface area contributed by atoms with E-state index < -0.39 is 0 Å². The highest BCUT2D eigenvalue weighted by atomic mass is 35.5. The van der Waals surface area contributed by atoms with Gasteiger partial charge < -0.3 is 4.57 Å². The monoisotopic (exact) mass is 286 g/mol. The zero-order chi connectivity index (χ0) is 14.1. The summed E-state index contributed by atoms with van der Waals surface area (Å²) in [7, 11) is 0. The van der Waals surface area contributed by atoms with E-state index in [0.29, 0.717) is 5.88 Å². The van der Waals surface area contributed by atoms with Crippen LogP contribution in [-0.4, -0.2) is 19.5 Å². The molecule has 0 saturated carbocycles. The average Bonchev–Trinajstić information content (AvgIpc) is 2.84. The van der Waals surface area contributed by atoms with Crippen LogP contribution in [0.25, 0.3) is 11.2 Å². The highest BCUT2D eigenvalue weighted by Crippen LogP contribution is 2.25. The molecule has 3 aromatic heterocycles. The van der Waals surface area contributed by atoms with Crippen LogP contribution in [0.5, 0.6) is 0 Å². The van der Waals surface area contributed by atoms with Gasteiger partial charge in [-0.3, -0.25) is 4.98 Å². The van der Waals surface area contributed by atoms with Gasteiger partial charge in [0.1, 0.15) is 11.3 Å². The van der Waals surface area contributed by atoms with Crippen molar-refractivity contribution in [2.24, 2.45) is 0 Å². The smallest absolute Gasteiger partial charge is 0.160 e. The van der Waals surface area contributed by atoms with Gasteiger partial charge in [0.15, 0.2) is 5.65 Å². The van der Waals surface area contributed by atoms with Crippen molar-refractivity contribution in [1.82, 2.24) is 19.5 Å². The van der Waals surface area contributed by atoms with Crippen molar-refractivity contribution in [2.45, 2.75) is 25.8 Å². The molecule has 5 heteroatoms. The third-order valence-corrected chi connectivity index (χ3v) is 3.60. The predicted molar refractivity (Wildman–Crippen MR) is 79.9 cm³/mol. The van der Waals surface area contributed by atoms with Gasteiger partial charge in [0.2, 0.25) is 0 Å². The van der Waals surface area contributed by atoms with E-state index in [1.54, 1.807) is 6.20 Å². The summed E-state index contributed by atoms with van der Waals surface area (Å²) in [4.78, 5) is 13.5. The topological polar surface area (TPSA) is 43.6 Å². The Morgan fingerprint density at radius 2 is 2.15 bits per heavy atom. The third-order valence-electron chi connectivity index (χ3n) is 3.36. The summed E-state index contributed by atoms with van der Waals surface area (Å²) in [5.74, 6) is 1.17. The second-order valence-electron chi connectivity index (χ2n) is 4.82. The van der Waals surface area contributed by atoms with E-state index in [1.165, 1.54) is 0 Å². The average molecular weight is 287 g/mol. The highest BCUT2D eigenvalue weighted by molar-refractivity contribution is 6.16. The number of pyridine rings is 2. The number of hydrogen-bond acceptors (Lipinski definition) is 3. The number of fused-ring (bicyclic) bond motifs is 1. The first-order valence-electron chi connectivity index (χ1n) is 6.51. The Balaban J connectivity index is 2.19. The van der Waals surface area contributed by atoms with E-state index in [9.17, 15) is 0 Å². The maximum Gasteiger partial charge on any atom is 0.160 e. The Morgan fingerprint density at radius 1 is 1.30 bits per heavy atom. The summed E-state index contributed by atoms with van der Waals surface area (Å²) in [6, 6.07) is 7.97. The molecular weight excluding hydrogens is 272 g/mol. The minimum atomic E-state index is 0.0464. The van der Waals surface area contributed by atoms with Crippen molar-refractivity contribution in [1.29, 1.82) is 0 Å². The number of alkyl halides is 1. The Bertz CT molecular complexity index is 736. The van der Waals surface area contributed by atoms with Gasteiger partial charge in [0.25, 0.3) is 0 Å². The number of nitrogens with zero attached hydrogens (tertiary/aromatic N) is 4. The van der Waals surface area contributed by atoms with Crippen molar-refractivity contribution in [3.8, 4) is 0 Å². The molecule has 3 heterocycles. The molecule has 0 fully saturated rings. The van der Waals surface area contributed by atoms with Gasteiger partial charge in [0.05, 0.1) is 17.6 Å². The van der Waals surface area contributed by atoms with Crippen molar-refractivity contribution in [3.63, 3.8) is 0 Å². The Kier molecular flexibility index (Phi) is 3.40. The first-order valence-corrected chi connectivity index (χ1v) is 7.04. The summed E-state index contributed by atoms with van der Waals surface area (Å²) >= 11 is 6.04. The van der Waals surface area contributed by atoms with E-state index in [-0.39, 0.29) is 6.04 Å². The SMILES string of the molecule is Cc1cnc2c(c1)nc(CCl)n2C(C)c1ccccn1. The number of aryl methyl sites for hydroxylation is 1. The summed E-state index contributed by atoms with van der Waals surface area (Å²) in [5.41, 5.74) is 3.79. The number of imidazole rings is 1. The van der Waals surface area contributed by atoms with Crippen LogP contribution in [0.2, 0.25) is 0 Å². The van der Waals surface area contributed by atoms with Crippen molar-refractivity contribution in [3.05, 3.63) is 53.7 Å². The molecule has 3 aromatic rings. The number of aromatic nitrogens is 4. The molecular formula is C15H15ClN4. The lowest BCUT2D eigenvalue weighted by Crippen LogP contribution is -2.11. The lowest BCUT2D eigenvalue weighted by molar-refractivity contribution is 0.612. The predicted octanol–water partition coefficient (Wildman–Crippen LogP) is 3.48. The van der Waals surface area contributed by atoms with Gasteiger partial charge in [-0.25, -0.2) is 9.97 Å². The molecule has 3 rings (SSSR count). The van der Waals surface area contributed by atoms with Crippen molar-refractivity contribution in [2.75, 3.05) is 0 Å². The van der Waals surface area contributed by atoms with Crippen LogP contribution in [0.3, 0.4) is 0 Å². The Hall–Kier alpha value is -1.94. The van der Waals surface area contributed by atoms with Gasteiger partial charge in [-0.1, -0.05) is 6.07 Å². The van der Waals surface area contributed by atoms with Gasteiger partial charge in [0, 0.05) is 12.4 Å². The number of rotatable bonds is 3. The number of hydrogen-bond donors (Lipinski definition) is 0. The molecule has 0 aliphatic heterocycles. The normalized spacial score (nSPS) is 12.8. The summed E-state index contributed by atoms with van der Waals surface area (Å²) in [5, 5.41) is 0. The molecule has 1 unspecified atom stereocenters. The molecule has 0 saturated heterocycles. The number of halogens is 1. The van der Waals surface area contributed by atoms with E-state index in [2.05, 4.69) is 26.4 Å². The van der Waals surface area contributed by atoms with E-state index in [1.807, 2.05) is 37.4 Å². The van der Waals surface area contributed by atoms with Crippen LogP contribution in [0.15, 0.2) is 36.7 Å². The molecule has 0 radical (unpaired) electrons. The van der Waals surface area contributed by atoms with Gasteiger partial charge >= 0.3 is 0 Å². The second kappa shape index (κ2) is 5.21. The fourth-order valence-electron chi connectivity index (χ4n) is 2.39. The molecule has 1 atom stereocenters. The zero-order valence-electron chi connectivity index (χ0n) is 11.4. The van der Waals surface area contributed by atoms with Crippen molar-refractivity contribution < 1.29 is 0 Å². The molecule has 102 valence electrons. The molecule has 0 bridgehead atoms. The van der Waals surface area contributed by atoms with E-state index in [4.69, 9.17) is 11.6 Å². The zero-order valence-corrected chi connectivity index (χ0v) is 12.2. The molecule has 0 aliphatic carbocycles. The van der Waals surface area contributed by atoms with Crippen LogP contribution < -0.4 is 0 Å². The summed E-state index contributed by atoms with van der Waals surface area (Å²) in [6.45, 7) is 4.09. The van der Waals surface area contributed by atoms with Gasteiger partial charge in [-0.15, -0.1) is 11.6 Å². The largest absolute Gasteiger partial charge is 0.303 e. The van der Waals surface area contributed by atoms with E-state index in [0.717, 1.165) is 28.2 Å². The fourth-order valence-corrected chi connectivity index (χ4v) is 2.57. The lowest BCUT2D eigenvalue weighted by Gasteiger charge is -2.15. The first kappa shape index (κ1) is 13.1. The maximum absolute atomic E-state index is 6.04. The summed E-state index contributed by atoms with van der Waals surface area (Å²) < 4.78 is 2.06. The van der Waals surface area contributed by atoms with Crippen LogP contribution >= 0.6 is 11.6 Å². The lowest BCUT2D eigenvalue weighted by atomic mass is 10.2. The fraction of sp³-hybridized carbons (Fsp3) is 0.267. The maximum atomic E-state index is 6.04. The summed E-state index contributed by atoms with van der Waals surface area (Å²) in [6.07, 6.45) is 3.65. The Morgan fingerprint density at radius 3 is 2.85 bits per heavy atom. The second-order valence-corrected chi connectivity index (χ2v) is 5.08. The van der Waals surface area contributed by atoms with Crippen LogP contribution in [0.4, 0.5) is 0 Å². The van der Waals surface area contributed by atoms with Crippen LogP contribution in [0.1, 0.15) is 30.0 Å². The minimum Gasteiger partial charge on any atom is -0.303 e. The molecule has 0 spiro atoms. The standard InChI is InChI=1S/C15H15ClN4/c1-10-7-13-15(18-9-10)20(14(8-16)19-13)11(2)12-5-3-4-6-17-12/h3-7,9,11H,8H2,1-2H3. The van der Waals surface area contributed by atoms with Gasteiger partial charge in [-0.2, -0.15) is 0 Å². The van der Waals surface area contributed by atoms with Crippen LogP contribution in [0, 0.1) is 6.92 Å². The molecule has 4 nitrogen and oxygen atoms in total. The third kappa shape index (κ3) is 2.16. The minimum absolute atomic E-state index is 0.0464. The molecule has 20 heavy (non-hydrogen) atoms. The van der Waals surface area contributed by atoms with Crippen LogP contribution in [-0.2, 0) is 5.88 Å². The first-order chi connectivity index (χ1) is 9.70. The molecule has 0 N–H and O–H groups in total. The molecule has 0 aromatic carbocycles. The van der Waals surface area contributed by atoms with Gasteiger partial charge in [-0.05, 0) is 37.6 Å². The van der Waals surface area contributed by atoms with E-state index >= 15 is 0 Å². The molecule has 0 amide bonds. The highest BCUT2D eigenvalue weighted by Gasteiger charge is 2.18.